The Morgan fingerprint density at radius 1 is 1.38 bits per heavy atom. The number of amides is 1. The van der Waals surface area contributed by atoms with E-state index in [1.165, 1.54) is 25.3 Å². The molecule has 1 saturated carbocycles. The number of carbonyl (C=O) groups is 2. The second-order valence-corrected chi connectivity index (χ2v) is 8.19. The zero-order valence-electron chi connectivity index (χ0n) is 14.1. The SMILES string of the molecule is COc1ccc(C(=O)N2CCC(F)(C(=O)O)C2)cc1S(=O)(=O)NC1CC1. The smallest absolute Gasteiger partial charge is 0.343 e. The lowest BCUT2D eigenvalue weighted by molar-refractivity contribution is -0.149. The number of likely N-dealkylation sites (tertiary alicyclic amines) is 1. The van der Waals surface area contributed by atoms with Crippen LogP contribution in [0.2, 0.25) is 0 Å². The Bertz CT molecular complexity index is 854. The van der Waals surface area contributed by atoms with Gasteiger partial charge in [-0.05, 0) is 31.0 Å². The fraction of sp³-hybridized carbons (Fsp3) is 0.500. The summed E-state index contributed by atoms with van der Waals surface area (Å²) in [4.78, 5) is 24.5. The van der Waals surface area contributed by atoms with E-state index in [1.807, 2.05) is 0 Å². The average molecular weight is 386 g/mol. The number of carboxylic acids is 1. The van der Waals surface area contributed by atoms with E-state index in [9.17, 15) is 22.4 Å². The van der Waals surface area contributed by atoms with Crippen LogP contribution in [0.5, 0.6) is 5.75 Å². The van der Waals surface area contributed by atoms with Gasteiger partial charge in [0, 0.05) is 24.6 Å². The number of sulfonamides is 1. The molecule has 1 aromatic carbocycles. The van der Waals surface area contributed by atoms with Gasteiger partial charge in [-0.15, -0.1) is 0 Å². The monoisotopic (exact) mass is 386 g/mol. The van der Waals surface area contributed by atoms with Crippen molar-refractivity contribution in [3.05, 3.63) is 23.8 Å². The Kier molecular flexibility index (Phi) is 4.65. The van der Waals surface area contributed by atoms with E-state index >= 15 is 0 Å². The molecule has 142 valence electrons. The van der Waals surface area contributed by atoms with Crippen LogP contribution in [0, 0.1) is 0 Å². The molecule has 1 aliphatic heterocycles. The van der Waals surface area contributed by atoms with Crippen molar-refractivity contribution >= 4 is 21.9 Å². The van der Waals surface area contributed by atoms with Gasteiger partial charge in [-0.3, -0.25) is 4.79 Å². The van der Waals surface area contributed by atoms with Gasteiger partial charge in [-0.1, -0.05) is 0 Å². The molecule has 1 unspecified atom stereocenters. The fourth-order valence-corrected chi connectivity index (χ4v) is 4.31. The van der Waals surface area contributed by atoms with E-state index in [-0.39, 0.29) is 35.2 Å². The number of rotatable bonds is 6. The highest BCUT2D eigenvalue weighted by molar-refractivity contribution is 7.89. The van der Waals surface area contributed by atoms with Crippen LogP contribution in [-0.4, -0.2) is 62.2 Å². The summed E-state index contributed by atoms with van der Waals surface area (Å²) >= 11 is 0. The predicted octanol–water partition coefficient (Wildman–Crippen LogP) is 0.775. The number of alkyl halides is 1. The van der Waals surface area contributed by atoms with E-state index in [4.69, 9.17) is 9.84 Å². The third-order valence-corrected chi connectivity index (χ3v) is 6.03. The Labute approximate surface area is 150 Å². The van der Waals surface area contributed by atoms with Crippen LogP contribution in [-0.2, 0) is 14.8 Å². The quantitative estimate of drug-likeness (QED) is 0.747. The largest absolute Gasteiger partial charge is 0.495 e. The van der Waals surface area contributed by atoms with Crippen LogP contribution in [0.3, 0.4) is 0 Å². The Morgan fingerprint density at radius 3 is 2.62 bits per heavy atom. The van der Waals surface area contributed by atoms with Crippen LogP contribution in [0.25, 0.3) is 0 Å². The molecule has 1 amide bonds. The number of halogens is 1. The number of carbonyl (C=O) groups excluding carboxylic acids is 1. The summed E-state index contributed by atoms with van der Waals surface area (Å²) < 4.78 is 46.8. The standard InChI is InChI=1S/C16H19FN2O6S/c1-25-12-5-2-10(8-13(12)26(23,24)18-11-3-4-11)14(20)19-7-6-16(17,9-19)15(21)22/h2,5,8,11,18H,3-4,6-7,9H2,1H3,(H,21,22). The molecule has 0 bridgehead atoms. The number of benzene rings is 1. The van der Waals surface area contributed by atoms with E-state index in [1.54, 1.807) is 0 Å². The lowest BCUT2D eigenvalue weighted by Crippen LogP contribution is -2.39. The third kappa shape index (κ3) is 3.51. The number of aliphatic carboxylic acids is 1. The highest BCUT2D eigenvalue weighted by Gasteiger charge is 2.47. The molecule has 26 heavy (non-hydrogen) atoms. The Balaban J connectivity index is 1.88. The van der Waals surface area contributed by atoms with E-state index < -0.39 is 34.1 Å². The highest BCUT2D eigenvalue weighted by atomic mass is 32.2. The molecule has 1 saturated heterocycles. The summed E-state index contributed by atoms with van der Waals surface area (Å²) in [5.74, 6) is -2.16. The topological polar surface area (TPSA) is 113 Å². The zero-order chi connectivity index (χ0) is 19.1. The summed E-state index contributed by atoms with van der Waals surface area (Å²) in [6.07, 6.45) is 1.20. The highest BCUT2D eigenvalue weighted by Crippen LogP contribution is 2.31. The average Bonchev–Trinajstić information content (AvgIpc) is 3.30. The maximum Gasteiger partial charge on any atom is 0.343 e. The van der Waals surface area contributed by atoms with Crippen molar-refractivity contribution in [2.24, 2.45) is 0 Å². The van der Waals surface area contributed by atoms with Crippen molar-refractivity contribution in [1.29, 1.82) is 0 Å². The molecule has 0 spiro atoms. The van der Waals surface area contributed by atoms with Crippen molar-refractivity contribution in [3.63, 3.8) is 0 Å². The van der Waals surface area contributed by atoms with Crippen LogP contribution in [0.15, 0.2) is 23.1 Å². The zero-order valence-corrected chi connectivity index (χ0v) is 14.9. The van der Waals surface area contributed by atoms with Crippen LogP contribution < -0.4 is 9.46 Å². The summed E-state index contributed by atoms with van der Waals surface area (Å²) in [5.41, 5.74) is -2.46. The number of carboxylic acid groups (broad SMARTS) is 1. The first kappa shape index (κ1) is 18.6. The van der Waals surface area contributed by atoms with Crippen LogP contribution in [0.4, 0.5) is 4.39 Å². The van der Waals surface area contributed by atoms with E-state index in [0.717, 1.165) is 17.7 Å². The van der Waals surface area contributed by atoms with Crippen molar-refractivity contribution in [2.45, 2.75) is 35.9 Å². The van der Waals surface area contributed by atoms with Gasteiger partial charge in [-0.25, -0.2) is 22.3 Å². The van der Waals surface area contributed by atoms with Gasteiger partial charge in [0.05, 0.1) is 13.7 Å². The number of ether oxygens (including phenoxy) is 1. The number of hydrogen-bond donors (Lipinski definition) is 2. The van der Waals surface area contributed by atoms with Gasteiger partial charge in [0.25, 0.3) is 5.91 Å². The van der Waals surface area contributed by atoms with Gasteiger partial charge in [0.2, 0.25) is 15.7 Å². The van der Waals surface area contributed by atoms with Crippen LogP contribution in [0.1, 0.15) is 29.6 Å². The molecule has 10 heteroatoms. The first-order chi connectivity index (χ1) is 12.2. The fourth-order valence-electron chi connectivity index (χ4n) is 2.81. The molecule has 0 radical (unpaired) electrons. The summed E-state index contributed by atoms with van der Waals surface area (Å²) in [6, 6.07) is 3.77. The van der Waals surface area contributed by atoms with E-state index in [2.05, 4.69) is 4.72 Å². The lowest BCUT2D eigenvalue weighted by Gasteiger charge is -2.19. The summed E-state index contributed by atoms with van der Waals surface area (Å²) in [5, 5.41) is 8.93. The molecular formula is C16H19FN2O6S. The van der Waals surface area contributed by atoms with Crippen molar-refractivity contribution < 1.29 is 32.2 Å². The van der Waals surface area contributed by atoms with Gasteiger partial charge >= 0.3 is 5.97 Å². The minimum Gasteiger partial charge on any atom is -0.495 e. The van der Waals surface area contributed by atoms with Gasteiger partial charge < -0.3 is 14.7 Å². The Hall–Kier alpha value is -2.20. The number of hydrogen-bond acceptors (Lipinski definition) is 5. The maximum absolute atomic E-state index is 14.2. The van der Waals surface area contributed by atoms with Crippen molar-refractivity contribution in [3.8, 4) is 5.75 Å². The molecule has 1 atom stereocenters. The minimum atomic E-state index is -3.87. The number of methoxy groups -OCH3 is 1. The van der Waals surface area contributed by atoms with E-state index in [0.29, 0.717) is 0 Å². The Morgan fingerprint density at radius 2 is 2.08 bits per heavy atom. The molecule has 8 nitrogen and oxygen atoms in total. The second-order valence-electron chi connectivity index (χ2n) is 6.51. The van der Waals surface area contributed by atoms with Crippen molar-refractivity contribution in [2.75, 3.05) is 20.2 Å². The molecule has 2 N–H and O–H groups in total. The molecular weight excluding hydrogens is 367 g/mol. The third-order valence-electron chi connectivity index (χ3n) is 4.49. The van der Waals surface area contributed by atoms with Crippen molar-refractivity contribution in [1.82, 2.24) is 9.62 Å². The van der Waals surface area contributed by atoms with Gasteiger partial charge in [0.1, 0.15) is 10.6 Å². The molecule has 3 rings (SSSR count). The summed E-state index contributed by atoms with van der Waals surface area (Å²) in [7, 11) is -2.55. The lowest BCUT2D eigenvalue weighted by atomic mass is 10.1. The second kappa shape index (κ2) is 6.51. The molecule has 1 heterocycles. The first-order valence-corrected chi connectivity index (χ1v) is 9.56. The first-order valence-electron chi connectivity index (χ1n) is 8.08. The number of nitrogens with zero attached hydrogens (tertiary/aromatic N) is 1. The summed E-state index contributed by atoms with van der Waals surface area (Å²) in [6.45, 7) is -0.633. The van der Waals surface area contributed by atoms with Gasteiger partial charge in [-0.2, -0.15) is 0 Å². The molecule has 2 fully saturated rings. The molecule has 1 aliphatic carbocycles. The molecule has 2 aliphatic rings. The molecule has 1 aromatic rings. The minimum absolute atomic E-state index is 0.0246. The maximum atomic E-state index is 14.2. The number of nitrogens with one attached hydrogen (secondary N) is 1. The normalized spacial score (nSPS) is 23.1. The van der Waals surface area contributed by atoms with Gasteiger partial charge in [0.15, 0.2) is 0 Å². The van der Waals surface area contributed by atoms with Crippen LogP contribution >= 0.6 is 0 Å². The predicted molar refractivity (Wildman–Crippen MR) is 88.3 cm³/mol. The molecule has 0 aromatic heterocycles.